The van der Waals surface area contributed by atoms with Crippen molar-refractivity contribution in [1.29, 1.82) is 0 Å². The van der Waals surface area contributed by atoms with E-state index in [-0.39, 0.29) is 29.8 Å². The standard InChI is InChI=1S/C21H27FN4O2.HI/c1-27-19-7-8-20(28-2)16(15-19)9-10-24-21(23)26-13-11-25(12-14-26)18-5-3-17(22)4-6-18;/h3-8,15H,9-14H2,1-2H3,(H2,23,24);1H. The van der Waals surface area contributed by atoms with Gasteiger partial charge >= 0.3 is 0 Å². The number of anilines is 1. The molecule has 0 aliphatic carbocycles. The molecule has 2 N–H and O–H groups in total. The minimum absolute atomic E-state index is 0. The first-order valence-electron chi connectivity index (χ1n) is 9.37. The van der Waals surface area contributed by atoms with E-state index in [9.17, 15) is 4.39 Å². The lowest BCUT2D eigenvalue weighted by Crippen LogP contribution is -2.51. The summed E-state index contributed by atoms with van der Waals surface area (Å²) >= 11 is 0. The van der Waals surface area contributed by atoms with Crippen molar-refractivity contribution in [2.45, 2.75) is 6.42 Å². The van der Waals surface area contributed by atoms with Gasteiger partial charge in [-0.1, -0.05) is 0 Å². The van der Waals surface area contributed by atoms with E-state index in [4.69, 9.17) is 15.2 Å². The van der Waals surface area contributed by atoms with Gasteiger partial charge in [0, 0.05) is 38.4 Å². The fourth-order valence-electron chi connectivity index (χ4n) is 3.31. The predicted octanol–water partition coefficient (Wildman–Crippen LogP) is 3.14. The fourth-order valence-corrected chi connectivity index (χ4v) is 3.31. The minimum atomic E-state index is -0.216. The SMILES string of the molecule is COc1ccc(OC)c(CCN=C(N)N2CCN(c3ccc(F)cc3)CC2)c1.I. The van der Waals surface area contributed by atoms with Crippen LogP contribution in [-0.2, 0) is 6.42 Å². The van der Waals surface area contributed by atoms with Gasteiger partial charge in [0.1, 0.15) is 17.3 Å². The first-order chi connectivity index (χ1) is 13.6. The third-order valence-electron chi connectivity index (χ3n) is 4.94. The van der Waals surface area contributed by atoms with Gasteiger partial charge in [0.15, 0.2) is 5.96 Å². The Kier molecular flexibility index (Phi) is 8.81. The summed E-state index contributed by atoms with van der Waals surface area (Å²) < 4.78 is 23.8. The molecule has 0 bridgehead atoms. The van der Waals surface area contributed by atoms with Crippen LogP contribution in [0.15, 0.2) is 47.5 Å². The van der Waals surface area contributed by atoms with Crippen molar-refractivity contribution < 1.29 is 13.9 Å². The molecule has 1 fully saturated rings. The molecule has 158 valence electrons. The van der Waals surface area contributed by atoms with Crippen molar-refractivity contribution in [3.8, 4) is 11.5 Å². The number of guanidine groups is 1. The van der Waals surface area contributed by atoms with Gasteiger partial charge in [-0.3, -0.25) is 4.99 Å². The minimum Gasteiger partial charge on any atom is -0.497 e. The smallest absolute Gasteiger partial charge is 0.191 e. The van der Waals surface area contributed by atoms with Gasteiger partial charge in [0.05, 0.1) is 14.2 Å². The number of hydrogen-bond donors (Lipinski definition) is 1. The highest BCUT2D eigenvalue weighted by Gasteiger charge is 2.18. The van der Waals surface area contributed by atoms with E-state index in [0.717, 1.165) is 55.3 Å². The first kappa shape index (κ1) is 23.1. The number of rotatable bonds is 6. The zero-order chi connectivity index (χ0) is 19.9. The van der Waals surface area contributed by atoms with Crippen LogP contribution in [0.2, 0.25) is 0 Å². The summed E-state index contributed by atoms with van der Waals surface area (Å²) in [7, 11) is 3.30. The second-order valence-corrected chi connectivity index (χ2v) is 6.62. The number of halogens is 2. The number of nitrogens with zero attached hydrogens (tertiary/aromatic N) is 3. The summed E-state index contributed by atoms with van der Waals surface area (Å²) in [6.07, 6.45) is 0.719. The summed E-state index contributed by atoms with van der Waals surface area (Å²) in [5.41, 5.74) is 8.27. The number of ether oxygens (including phenoxy) is 2. The maximum Gasteiger partial charge on any atom is 0.191 e. The molecule has 0 aromatic heterocycles. The lowest BCUT2D eigenvalue weighted by Gasteiger charge is -2.36. The topological polar surface area (TPSA) is 63.3 Å². The molecule has 0 spiro atoms. The van der Waals surface area contributed by atoms with Crippen LogP contribution in [0.4, 0.5) is 10.1 Å². The van der Waals surface area contributed by atoms with E-state index < -0.39 is 0 Å². The second-order valence-electron chi connectivity index (χ2n) is 6.62. The summed E-state index contributed by atoms with van der Waals surface area (Å²) in [6.45, 7) is 3.80. The van der Waals surface area contributed by atoms with Gasteiger partial charge in [0.25, 0.3) is 0 Å². The van der Waals surface area contributed by atoms with Crippen LogP contribution in [0.3, 0.4) is 0 Å². The number of nitrogens with two attached hydrogens (primary N) is 1. The summed E-state index contributed by atoms with van der Waals surface area (Å²) in [4.78, 5) is 8.85. The van der Waals surface area contributed by atoms with Gasteiger partial charge in [-0.15, -0.1) is 24.0 Å². The average molecular weight is 514 g/mol. The molecule has 1 saturated heterocycles. The Labute approximate surface area is 188 Å². The Balaban J connectivity index is 0.00000300. The molecule has 29 heavy (non-hydrogen) atoms. The molecule has 2 aromatic carbocycles. The average Bonchev–Trinajstić information content (AvgIpc) is 2.74. The second kappa shape index (κ2) is 11.1. The van der Waals surface area contributed by atoms with E-state index in [1.165, 1.54) is 12.1 Å². The fraction of sp³-hybridized carbons (Fsp3) is 0.381. The Bertz CT molecular complexity index is 809. The highest BCUT2D eigenvalue weighted by atomic mass is 127. The van der Waals surface area contributed by atoms with Gasteiger partial charge < -0.3 is 25.0 Å². The molecule has 6 nitrogen and oxygen atoms in total. The van der Waals surface area contributed by atoms with Crippen LogP contribution in [0, 0.1) is 5.82 Å². The van der Waals surface area contributed by atoms with Gasteiger partial charge in [-0.25, -0.2) is 4.39 Å². The third-order valence-corrected chi connectivity index (χ3v) is 4.94. The van der Waals surface area contributed by atoms with Crippen LogP contribution in [-0.4, -0.2) is 57.8 Å². The van der Waals surface area contributed by atoms with Gasteiger partial charge in [-0.2, -0.15) is 0 Å². The van der Waals surface area contributed by atoms with Crippen LogP contribution >= 0.6 is 24.0 Å². The number of methoxy groups -OCH3 is 2. The maximum atomic E-state index is 13.1. The Morgan fingerprint density at radius 1 is 1.03 bits per heavy atom. The highest BCUT2D eigenvalue weighted by molar-refractivity contribution is 14.0. The van der Waals surface area contributed by atoms with E-state index in [0.29, 0.717) is 12.5 Å². The van der Waals surface area contributed by atoms with Crippen LogP contribution in [0.25, 0.3) is 0 Å². The van der Waals surface area contributed by atoms with E-state index in [1.807, 2.05) is 30.3 Å². The summed E-state index contributed by atoms with van der Waals surface area (Å²) in [6, 6.07) is 12.3. The molecule has 0 saturated carbocycles. The van der Waals surface area contributed by atoms with E-state index in [1.54, 1.807) is 14.2 Å². The number of aliphatic imine (C=N–C) groups is 1. The van der Waals surface area contributed by atoms with Crippen LogP contribution < -0.4 is 20.1 Å². The molecule has 0 atom stereocenters. The molecule has 8 heteroatoms. The molecular weight excluding hydrogens is 486 g/mol. The van der Waals surface area contributed by atoms with Crippen LogP contribution in [0.5, 0.6) is 11.5 Å². The normalized spacial score (nSPS) is 14.4. The monoisotopic (exact) mass is 514 g/mol. The number of hydrogen-bond acceptors (Lipinski definition) is 4. The van der Waals surface area contributed by atoms with Crippen molar-refractivity contribution in [2.24, 2.45) is 10.7 Å². The Morgan fingerprint density at radius 3 is 2.34 bits per heavy atom. The lowest BCUT2D eigenvalue weighted by molar-refractivity contribution is 0.380. The number of benzene rings is 2. The maximum absolute atomic E-state index is 13.1. The number of piperazine rings is 1. The molecular formula is C21H28FIN4O2. The molecule has 1 heterocycles. The molecule has 0 radical (unpaired) electrons. The van der Waals surface area contributed by atoms with Crippen molar-refractivity contribution in [1.82, 2.24) is 4.90 Å². The lowest BCUT2D eigenvalue weighted by atomic mass is 10.1. The summed E-state index contributed by atoms with van der Waals surface area (Å²) in [5.74, 6) is 1.96. The third kappa shape index (κ3) is 6.12. The quantitative estimate of drug-likeness (QED) is 0.365. The molecule has 2 aromatic rings. The molecule has 3 rings (SSSR count). The zero-order valence-electron chi connectivity index (χ0n) is 16.8. The van der Waals surface area contributed by atoms with Gasteiger partial charge in [0.2, 0.25) is 0 Å². The first-order valence-corrected chi connectivity index (χ1v) is 9.37. The van der Waals surface area contributed by atoms with Crippen molar-refractivity contribution in [3.63, 3.8) is 0 Å². The predicted molar refractivity (Wildman–Crippen MR) is 125 cm³/mol. The molecule has 0 amide bonds. The van der Waals surface area contributed by atoms with Crippen molar-refractivity contribution >= 4 is 35.6 Å². The van der Waals surface area contributed by atoms with Gasteiger partial charge in [-0.05, 0) is 54.4 Å². The largest absolute Gasteiger partial charge is 0.497 e. The van der Waals surface area contributed by atoms with Crippen LogP contribution in [0.1, 0.15) is 5.56 Å². The summed E-state index contributed by atoms with van der Waals surface area (Å²) in [5, 5.41) is 0. The zero-order valence-corrected chi connectivity index (χ0v) is 19.1. The van der Waals surface area contributed by atoms with Crippen molar-refractivity contribution in [3.05, 3.63) is 53.8 Å². The van der Waals surface area contributed by atoms with E-state index >= 15 is 0 Å². The van der Waals surface area contributed by atoms with E-state index in [2.05, 4.69) is 14.8 Å². The van der Waals surface area contributed by atoms with Crippen molar-refractivity contribution in [2.75, 3.05) is 51.8 Å². The Morgan fingerprint density at radius 2 is 1.72 bits per heavy atom. The molecule has 1 aliphatic rings. The molecule has 1 aliphatic heterocycles. The molecule has 0 unspecified atom stereocenters. The Hall–Kier alpha value is -2.23. The highest BCUT2D eigenvalue weighted by Crippen LogP contribution is 2.24.